The molecule has 10 heteroatoms. The number of aromatic nitrogens is 4. The van der Waals surface area contributed by atoms with E-state index < -0.39 is 4.92 Å². The van der Waals surface area contributed by atoms with E-state index in [0.717, 1.165) is 32.1 Å². The molecule has 8 rings (SSSR count). The minimum absolute atomic E-state index is 0.00411. The SMILES string of the molecule is O=C(CC12CC3CC(C1)CC(n1cc(Br)c([N+](=O)[O-])n1)(C3)C2)Nc1cnn(Cc2cccc3ccccc23)c1. The molecular weight excluding hydrogens is 560 g/mol. The van der Waals surface area contributed by atoms with Gasteiger partial charge in [0.05, 0.1) is 35.3 Å². The number of fused-ring (bicyclic) bond motifs is 1. The molecule has 4 saturated carbocycles. The Morgan fingerprint density at radius 2 is 1.87 bits per heavy atom. The van der Waals surface area contributed by atoms with Crippen LogP contribution in [0.2, 0.25) is 0 Å². The van der Waals surface area contributed by atoms with Gasteiger partial charge in [-0.3, -0.25) is 9.48 Å². The van der Waals surface area contributed by atoms with E-state index in [1.165, 1.54) is 22.8 Å². The first-order valence-corrected chi connectivity index (χ1v) is 14.3. The normalized spacial score (nSPS) is 27.2. The number of nitrogens with zero attached hydrogens (tertiary/aromatic N) is 5. The molecule has 39 heavy (non-hydrogen) atoms. The van der Waals surface area contributed by atoms with Gasteiger partial charge >= 0.3 is 5.82 Å². The summed E-state index contributed by atoms with van der Waals surface area (Å²) in [7, 11) is 0. The molecule has 2 aromatic heterocycles. The fourth-order valence-electron chi connectivity index (χ4n) is 8.25. The first-order chi connectivity index (χ1) is 18.8. The van der Waals surface area contributed by atoms with Gasteiger partial charge < -0.3 is 15.4 Å². The van der Waals surface area contributed by atoms with Crippen molar-refractivity contribution < 1.29 is 9.72 Å². The highest BCUT2D eigenvalue weighted by Crippen LogP contribution is 2.65. The van der Waals surface area contributed by atoms with Crippen LogP contribution in [0.15, 0.2) is 65.5 Å². The van der Waals surface area contributed by atoms with Crippen LogP contribution in [-0.2, 0) is 16.9 Å². The lowest BCUT2D eigenvalue weighted by molar-refractivity contribution is -0.390. The first-order valence-electron chi connectivity index (χ1n) is 13.5. The fourth-order valence-corrected chi connectivity index (χ4v) is 8.67. The zero-order valence-electron chi connectivity index (χ0n) is 21.4. The van der Waals surface area contributed by atoms with Crippen LogP contribution in [0.4, 0.5) is 11.5 Å². The summed E-state index contributed by atoms with van der Waals surface area (Å²) in [5.74, 6) is 0.900. The third kappa shape index (κ3) is 4.34. The molecule has 4 bridgehead atoms. The molecule has 4 aliphatic carbocycles. The highest BCUT2D eigenvalue weighted by atomic mass is 79.9. The molecule has 4 aromatic rings. The third-order valence-corrected chi connectivity index (χ3v) is 9.69. The van der Waals surface area contributed by atoms with Gasteiger partial charge in [-0.15, -0.1) is 0 Å². The Balaban J connectivity index is 1.07. The van der Waals surface area contributed by atoms with Crippen LogP contribution in [0.3, 0.4) is 0 Å². The van der Waals surface area contributed by atoms with E-state index in [9.17, 15) is 14.9 Å². The van der Waals surface area contributed by atoms with Crippen molar-refractivity contribution in [2.24, 2.45) is 17.3 Å². The average Bonchev–Trinajstić information content (AvgIpc) is 3.49. The van der Waals surface area contributed by atoms with Gasteiger partial charge in [-0.05, 0) is 93.0 Å². The van der Waals surface area contributed by atoms with Crippen molar-refractivity contribution >= 4 is 44.1 Å². The maximum Gasteiger partial charge on any atom is 0.404 e. The molecule has 4 aliphatic rings. The first kappa shape index (κ1) is 24.5. The quantitative estimate of drug-likeness (QED) is 0.202. The van der Waals surface area contributed by atoms with Crippen molar-refractivity contribution in [2.45, 2.75) is 57.0 Å². The lowest BCUT2D eigenvalue weighted by Crippen LogP contribution is -2.57. The van der Waals surface area contributed by atoms with Crippen molar-refractivity contribution in [3.63, 3.8) is 0 Å². The summed E-state index contributed by atoms with van der Waals surface area (Å²) < 4.78 is 4.12. The topological polar surface area (TPSA) is 108 Å². The zero-order chi connectivity index (χ0) is 26.8. The largest absolute Gasteiger partial charge is 0.404 e. The Hall–Kier alpha value is -3.53. The number of halogens is 1. The monoisotopic (exact) mass is 588 g/mol. The molecule has 2 aromatic carbocycles. The third-order valence-electron chi connectivity index (χ3n) is 9.13. The second kappa shape index (κ2) is 9.01. The highest BCUT2D eigenvalue weighted by Gasteiger charge is 2.60. The summed E-state index contributed by atoms with van der Waals surface area (Å²) >= 11 is 3.33. The fraction of sp³-hybridized carbons (Fsp3) is 0.414. The maximum atomic E-state index is 13.4. The van der Waals surface area contributed by atoms with Gasteiger partial charge in [-0.2, -0.15) is 9.78 Å². The molecule has 4 fully saturated rings. The molecule has 1 amide bonds. The molecule has 0 saturated heterocycles. The number of amides is 1. The number of rotatable bonds is 7. The van der Waals surface area contributed by atoms with E-state index >= 15 is 0 Å². The standard InChI is InChI=1S/C29H29BrN6O3/c30-25-17-35(33-27(25)36(38)39)29-11-19-8-20(12-29)10-28(9-19,18-29)13-26(37)32-23-14-31-34(16-23)15-22-6-3-5-21-4-1-2-7-24(21)22/h1-7,14,16-17,19-20H,8-13,15,18H2,(H,32,37). The van der Waals surface area contributed by atoms with Crippen LogP contribution in [0.1, 0.15) is 50.5 Å². The highest BCUT2D eigenvalue weighted by molar-refractivity contribution is 9.10. The van der Waals surface area contributed by atoms with E-state index in [0.29, 0.717) is 35.0 Å². The number of anilines is 1. The number of benzene rings is 2. The van der Waals surface area contributed by atoms with Crippen molar-refractivity contribution in [3.05, 3.63) is 81.2 Å². The van der Waals surface area contributed by atoms with Crippen molar-refractivity contribution in [1.29, 1.82) is 0 Å². The number of carbonyl (C=O) groups excluding carboxylic acids is 1. The van der Waals surface area contributed by atoms with Gasteiger partial charge in [0.15, 0.2) is 0 Å². The van der Waals surface area contributed by atoms with Gasteiger partial charge in [0.2, 0.25) is 5.91 Å². The Labute approximate surface area is 233 Å². The van der Waals surface area contributed by atoms with Crippen LogP contribution in [0.5, 0.6) is 0 Å². The predicted octanol–water partition coefficient (Wildman–Crippen LogP) is 6.28. The van der Waals surface area contributed by atoms with Gasteiger partial charge in [-0.1, -0.05) is 42.5 Å². The summed E-state index contributed by atoms with van der Waals surface area (Å²) in [6.07, 6.45) is 11.8. The van der Waals surface area contributed by atoms with Crippen LogP contribution in [0.25, 0.3) is 10.8 Å². The Morgan fingerprint density at radius 1 is 1.10 bits per heavy atom. The molecule has 0 aliphatic heterocycles. The zero-order valence-corrected chi connectivity index (χ0v) is 23.0. The minimum Gasteiger partial charge on any atom is -0.358 e. The van der Waals surface area contributed by atoms with E-state index in [4.69, 9.17) is 0 Å². The van der Waals surface area contributed by atoms with E-state index in [-0.39, 0.29) is 22.7 Å². The van der Waals surface area contributed by atoms with E-state index in [1.807, 2.05) is 27.7 Å². The lowest BCUT2D eigenvalue weighted by atomic mass is 9.46. The summed E-state index contributed by atoms with van der Waals surface area (Å²) in [6.45, 7) is 0.624. The number of nitro groups is 1. The second-order valence-corrected chi connectivity index (χ2v) is 12.8. The predicted molar refractivity (Wildman–Crippen MR) is 150 cm³/mol. The molecule has 200 valence electrons. The van der Waals surface area contributed by atoms with Crippen LogP contribution in [-0.4, -0.2) is 30.4 Å². The molecule has 0 spiro atoms. The van der Waals surface area contributed by atoms with Crippen molar-refractivity contribution in [2.75, 3.05) is 5.32 Å². The number of hydrogen-bond acceptors (Lipinski definition) is 5. The van der Waals surface area contributed by atoms with Crippen LogP contribution in [0, 0.1) is 27.4 Å². The van der Waals surface area contributed by atoms with Crippen LogP contribution >= 0.6 is 15.9 Å². The summed E-state index contributed by atoms with van der Waals surface area (Å²) in [6, 6.07) is 14.6. The Bertz CT molecular complexity index is 1590. The lowest BCUT2D eigenvalue weighted by Gasteiger charge is -2.61. The number of hydrogen-bond donors (Lipinski definition) is 1. The Kier molecular flexibility index (Phi) is 5.66. The molecule has 1 N–H and O–H groups in total. The van der Waals surface area contributed by atoms with Crippen LogP contribution < -0.4 is 5.32 Å². The average molecular weight is 589 g/mol. The van der Waals surface area contributed by atoms with Gasteiger partial charge in [0.1, 0.15) is 4.47 Å². The maximum absolute atomic E-state index is 13.4. The Morgan fingerprint density at radius 3 is 2.64 bits per heavy atom. The second-order valence-electron chi connectivity index (χ2n) is 12.0. The number of nitrogens with one attached hydrogen (secondary N) is 1. The molecule has 2 atom stereocenters. The van der Waals surface area contributed by atoms with Crippen molar-refractivity contribution in [3.8, 4) is 0 Å². The number of carbonyl (C=O) groups is 1. The minimum atomic E-state index is -0.440. The molecule has 0 radical (unpaired) electrons. The summed E-state index contributed by atoms with van der Waals surface area (Å²) in [5.41, 5.74) is 1.51. The molecule has 2 unspecified atom stereocenters. The van der Waals surface area contributed by atoms with E-state index in [2.05, 4.69) is 61.8 Å². The van der Waals surface area contributed by atoms with Gasteiger partial charge in [-0.25, -0.2) is 0 Å². The molecular formula is C29H29BrN6O3. The van der Waals surface area contributed by atoms with Crippen molar-refractivity contribution in [1.82, 2.24) is 19.6 Å². The molecule has 9 nitrogen and oxygen atoms in total. The summed E-state index contributed by atoms with van der Waals surface area (Å²) in [4.78, 5) is 24.4. The van der Waals surface area contributed by atoms with Gasteiger partial charge in [0.25, 0.3) is 0 Å². The van der Waals surface area contributed by atoms with E-state index in [1.54, 1.807) is 12.4 Å². The van der Waals surface area contributed by atoms with Gasteiger partial charge in [0, 0.05) is 12.6 Å². The summed E-state index contributed by atoms with van der Waals surface area (Å²) in [5, 5.41) is 25.8. The molecule has 2 heterocycles. The smallest absolute Gasteiger partial charge is 0.358 e.